The van der Waals surface area contributed by atoms with Crippen molar-refractivity contribution in [1.29, 1.82) is 0 Å². The van der Waals surface area contributed by atoms with E-state index in [0.29, 0.717) is 6.61 Å². The van der Waals surface area contributed by atoms with E-state index in [-0.39, 0.29) is 0 Å². The lowest BCUT2D eigenvalue weighted by Gasteiger charge is -2.08. The summed E-state index contributed by atoms with van der Waals surface area (Å²) in [6.07, 6.45) is 0.882. The summed E-state index contributed by atoms with van der Waals surface area (Å²) in [5, 5.41) is 4.41. The van der Waals surface area contributed by atoms with Crippen LogP contribution in [0.2, 0.25) is 0 Å². The van der Waals surface area contributed by atoms with E-state index in [1.54, 1.807) is 0 Å². The van der Waals surface area contributed by atoms with E-state index in [2.05, 4.69) is 28.0 Å². The van der Waals surface area contributed by atoms with E-state index in [0.717, 1.165) is 22.3 Å². The molecule has 0 saturated heterocycles. The van der Waals surface area contributed by atoms with E-state index in [1.165, 1.54) is 11.3 Å². The Kier molecular flexibility index (Phi) is 4.07. The normalized spacial score (nSPS) is 10.7. The van der Waals surface area contributed by atoms with E-state index >= 15 is 0 Å². The van der Waals surface area contributed by atoms with Crippen molar-refractivity contribution in [3.8, 4) is 5.75 Å². The highest BCUT2D eigenvalue weighted by Crippen LogP contribution is 2.24. The first-order chi connectivity index (χ1) is 8.59. The molecule has 0 radical (unpaired) electrons. The van der Waals surface area contributed by atoms with E-state index in [4.69, 9.17) is 4.74 Å². The molecule has 0 amide bonds. The van der Waals surface area contributed by atoms with Crippen molar-refractivity contribution >= 4 is 15.9 Å². The summed E-state index contributed by atoms with van der Waals surface area (Å²) in [5.74, 6) is 0.886. The zero-order valence-corrected chi connectivity index (χ0v) is 12.5. The molecule has 2 aromatic rings. The zero-order chi connectivity index (χ0) is 13.1. The number of aryl methyl sites for hydroxylation is 2. The van der Waals surface area contributed by atoms with Crippen LogP contribution in [0.15, 0.2) is 28.7 Å². The number of benzene rings is 1. The van der Waals surface area contributed by atoms with Crippen LogP contribution in [0.1, 0.15) is 17.0 Å². The second-order valence-electron chi connectivity index (χ2n) is 4.30. The quantitative estimate of drug-likeness (QED) is 0.865. The van der Waals surface area contributed by atoms with Gasteiger partial charge in [-0.25, -0.2) is 0 Å². The Hall–Kier alpha value is -1.29. The number of para-hydroxylation sites is 1. The van der Waals surface area contributed by atoms with Gasteiger partial charge in [-0.2, -0.15) is 5.10 Å². The zero-order valence-electron chi connectivity index (χ0n) is 10.9. The lowest BCUT2D eigenvalue weighted by Crippen LogP contribution is -2.03. The van der Waals surface area contributed by atoms with Gasteiger partial charge >= 0.3 is 0 Å². The Morgan fingerprint density at radius 1 is 1.28 bits per heavy atom. The van der Waals surface area contributed by atoms with E-state index in [1.807, 2.05) is 42.9 Å². The highest BCUT2D eigenvalue weighted by molar-refractivity contribution is 9.10. The number of aromatic nitrogens is 2. The smallest absolute Gasteiger partial charge is 0.133 e. The maximum atomic E-state index is 5.78. The minimum Gasteiger partial charge on any atom is -0.492 e. The van der Waals surface area contributed by atoms with Crippen LogP contribution in [0.25, 0.3) is 0 Å². The third-order valence-electron chi connectivity index (χ3n) is 3.11. The highest BCUT2D eigenvalue weighted by Gasteiger charge is 2.09. The fourth-order valence-electron chi connectivity index (χ4n) is 2.00. The molecule has 96 valence electrons. The van der Waals surface area contributed by atoms with Crippen molar-refractivity contribution in [2.24, 2.45) is 7.05 Å². The summed E-state index contributed by atoms with van der Waals surface area (Å²) in [6, 6.07) is 7.90. The molecule has 4 heteroatoms. The van der Waals surface area contributed by atoms with E-state index < -0.39 is 0 Å². The maximum Gasteiger partial charge on any atom is 0.133 e. The molecule has 0 saturated carbocycles. The van der Waals surface area contributed by atoms with Crippen molar-refractivity contribution in [1.82, 2.24) is 9.78 Å². The van der Waals surface area contributed by atoms with Crippen LogP contribution in [0.4, 0.5) is 0 Å². The fraction of sp³-hybridized carbons (Fsp3) is 0.357. The molecule has 0 aliphatic rings. The Labute approximate surface area is 116 Å². The van der Waals surface area contributed by atoms with Gasteiger partial charge in [0.25, 0.3) is 0 Å². The van der Waals surface area contributed by atoms with Crippen LogP contribution in [-0.2, 0) is 13.5 Å². The lowest BCUT2D eigenvalue weighted by molar-refractivity contribution is 0.319. The summed E-state index contributed by atoms with van der Waals surface area (Å²) in [7, 11) is 1.97. The number of nitrogens with zero attached hydrogens (tertiary/aromatic N) is 2. The summed E-state index contributed by atoms with van der Waals surface area (Å²) in [6.45, 7) is 4.80. The average Bonchev–Trinajstić information content (AvgIpc) is 2.58. The SMILES string of the molecule is Cc1nn(C)c(C)c1CCOc1ccccc1Br. The van der Waals surface area contributed by atoms with Crippen molar-refractivity contribution in [2.75, 3.05) is 6.61 Å². The second kappa shape index (κ2) is 5.57. The molecule has 18 heavy (non-hydrogen) atoms. The molecule has 3 nitrogen and oxygen atoms in total. The van der Waals surface area contributed by atoms with Gasteiger partial charge in [-0.3, -0.25) is 4.68 Å². The molecule has 1 aromatic heterocycles. The first-order valence-corrected chi connectivity index (χ1v) is 6.75. The number of hydrogen-bond acceptors (Lipinski definition) is 2. The monoisotopic (exact) mass is 308 g/mol. The van der Waals surface area contributed by atoms with Crippen LogP contribution >= 0.6 is 15.9 Å². The first-order valence-electron chi connectivity index (χ1n) is 5.96. The van der Waals surface area contributed by atoms with Gasteiger partial charge in [-0.1, -0.05) is 12.1 Å². The van der Waals surface area contributed by atoms with Crippen molar-refractivity contribution in [3.63, 3.8) is 0 Å². The number of ether oxygens (including phenoxy) is 1. The molecule has 0 aliphatic carbocycles. The van der Waals surface area contributed by atoms with Gasteiger partial charge in [-0.05, 0) is 47.5 Å². The van der Waals surface area contributed by atoms with Crippen LogP contribution in [-0.4, -0.2) is 16.4 Å². The third kappa shape index (κ3) is 2.75. The standard InChI is InChI=1S/C14H17BrN2O/c1-10-12(11(2)17(3)16-10)8-9-18-14-7-5-4-6-13(14)15/h4-7H,8-9H2,1-3H3. The third-order valence-corrected chi connectivity index (χ3v) is 3.76. The number of halogens is 1. The summed E-state index contributed by atoms with van der Waals surface area (Å²) in [5.41, 5.74) is 3.58. The summed E-state index contributed by atoms with van der Waals surface area (Å²) < 4.78 is 8.69. The van der Waals surface area contributed by atoms with Crippen molar-refractivity contribution in [2.45, 2.75) is 20.3 Å². The predicted octanol–water partition coefficient (Wildman–Crippen LogP) is 3.42. The minimum atomic E-state index is 0.663. The average molecular weight is 309 g/mol. The molecule has 0 N–H and O–H groups in total. The molecule has 0 aliphatic heterocycles. The van der Waals surface area contributed by atoms with E-state index in [9.17, 15) is 0 Å². The van der Waals surface area contributed by atoms with Crippen LogP contribution in [0, 0.1) is 13.8 Å². The number of rotatable bonds is 4. The molecule has 1 aromatic carbocycles. The molecular weight excluding hydrogens is 292 g/mol. The minimum absolute atomic E-state index is 0.663. The highest BCUT2D eigenvalue weighted by atomic mass is 79.9. The van der Waals surface area contributed by atoms with Gasteiger partial charge in [0, 0.05) is 19.2 Å². The van der Waals surface area contributed by atoms with Gasteiger partial charge in [0.2, 0.25) is 0 Å². The lowest BCUT2D eigenvalue weighted by atomic mass is 10.1. The summed E-state index contributed by atoms with van der Waals surface area (Å²) >= 11 is 3.47. The van der Waals surface area contributed by atoms with Crippen molar-refractivity contribution < 1.29 is 4.74 Å². The first kappa shape index (κ1) is 13.1. The van der Waals surface area contributed by atoms with Gasteiger partial charge in [-0.15, -0.1) is 0 Å². The molecule has 0 fully saturated rings. The van der Waals surface area contributed by atoms with Gasteiger partial charge in [0.1, 0.15) is 5.75 Å². The fourth-order valence-corrected chi connectivity index (χ4v) is 2.40. The molecule has 1 heterocycles. The summed E-state index contributed by atoms with van der Waals surface area (Å²) in [4.78, 5) is 0. The topological polar surface area (TPSA) is 27.1 Å². The largest absolute Gasteiger partial charge is 0.492 e. The van der Waals surface area contributed by atoms with Crippen LogP contribution in [0.5, 0.6) is 5.75 Å². The Morgan fingerprint density at radius 3 is 2.61 bits per heavy atom. The number of hydrogen-bond donors (Lipinski definition) is 0. The Balaban J connectivity index is 1.99. The van der Waals surface area contributed by atoms with Gasteiger partial charge in [0.05, 0.1) is 16.8 Å². The Morgan fingerprint density at radius 2 is 2.00 bits per heavy atom. The second-order valence-corrected chi connectivity index (χ2v) is 5.16. The Bertz CT molecular complexity index is 549. The molecule has 0 bridgehead atoms. The van der Waals surface area contributed by atoms with Crippen LogP contribution < -0.4 is 4.74 Å². The molecule has 0 unspecified atom stereocenters. The molecule has 0 atom stereocenters. The maximum absolute atomic E-state index is 5.78. The predicted molar refractivity (Wildman–Crippen MR) is 76.0 cm³/mol. The molecular formula is C14H17BrN2O. The van der Waals surface area contributed by atoms with Crippen molar-refractivity contribution in [3.05, 3.63) is 45.7 Å². The molecule has 2 rings (SSSR count). The van der Waals surface area contributed by atoms with Gasteiger partial charge < -0.3 is 4.74 Å². The van der Waals surface area contributed by atoms with Gasteiger partial charge in [0.15, 0.2) is 0 Å². The van der Waals surface area contributed by atoms with Crippen LogP contribution in [0.3, 0.4) is 0 Å². The molecule has 0 spiro atoms.